The molecule has 0 aliphatic carbocycles. The number of H-pyrrole nitrogens is 1. The Morgan fingerprint density at radius 1 is 1.38 bits per heavy atom. The largest absolute Gasteiger partial charge is 0.348 e. The lowest BCUT2D eigenvalue weighted by Crippen LogP contribution is -2.43. The Morgan fingerprint density at radius 2 is 2.19 bits per heavy atom. The van der Waals surface area contributed by atoms with E-state index in [2.05, 4.69) is 32.4 Å². The molecule has 0 spiro atoms. The van der Waals surface area contributed by atoms with Crippen LogP contribution in [-0.4, -0.2) is 52.2 Å². The first-order valence-corrected chi connectivity index (χ1v) is 7.17. The summed E-state index contributed by atoms with van der Waals surface area (Å²) < 4.78 is 0. The first-order chi connectivity index (χ1) is 10.2. The van der Waals surface area contributed by atoms with E-state index >= 15 is 0 Å². The number of pyridine rings is 1. The van der Waals surface area contributed by atoms with E-state index in [1.165, 1.54) is 0 Å². The van der Waals surface area contributed by atoms with Gasteiger partial charge in [0.2, 0.25) is 0 Å². The number of hydrogen-bond donors (Lipinski definition) is 2. The van der Waals surface area contributed by atoms with Gasteiger partial charge in [0.25, 0.3) is 5.91 Å². The summed E-state index contributed by atoms with van der Waals surface area (Å²) in [5.41, 5.74) is 2.18. The van der Waals surface area contributed by atoms with Crippen LogP contribution >= 0.6 is 0 Å². The van der Waals surface area contributed by atoms with Crippen molar-refractivity contribution in [2.45, 2.75) is 18.9 Å². The third-order valence-corrected chi connectivity index (χ3v) is 3.89. The van der Waals surface area contributed by atoms with Crippen molar-refractivity contribution < 1.29 is 4.79 Å². The third-order valence-electron chi connectivity index (χ3n) is 3.89. The van der Waals surface area contributed by atoms with Crippen LogP contribution in [0.15, 0.2) is 30.7 Å². The quantitative estimate of drug-likeness (QED) is 0.891. The Bertz CT molecular complexity index is 602. The van der Waals surface area contributed by atoms with Gasteiger partial charge < -0.3 is 10.2 Å². The van der Waals surface area contributed by atoms with Gasteiger partial charge in [-0.15, -0.1) is 0 Å². The van der Waals surface area contributed by atoms with Gasteiger partial charge in [0.05, 0.1) is 6.20 Å². The van der Waals surface area contributed by atoms with Crippen LogP contribution in [0.25, 0.3) is 11.1 Å². The molecule has 1 fully saturated rings. The van der Waals surface area contributed by atoms with Gasteiger partial charge in [-0.05, 0) is 39.0 Å². The number of rotatable bonds is 3. The van der Waals surface area contributed by atoms with E-state index in [1.807, 2.05) is 12.1 Å². The Morgan fingerprint density at radius 3 is 2.90 bits per heavy atom. The number of amides is 1. The zero-order valence-electron chi connectivity index (χ0n) is 12.0. The van der Waals surface area contributed by atoms with Crippen molar-refractivity contribution in [1.29, 1.82) is 0 Å². The van der Waals surface area contributed by atoms with Crippen LogP contribution in [0, 0.1) is 0 Å². The summed E-state index contributed by atoms with van der Waals surface area (Å²) in [4.78, 5) is 18.8. The number of nitrogens with one attached hydrogen (secondary N) is 2. The van der Waals surface area contributed by atoms with Crippen molar-refractivity contribution in [2.24, 2.45) is 0 Å². The Hall–Kier alpha value is -2.21. The van der Waals surface area contributed by atoms with Crippen molar-refractivity contribution in [1.82, 2.24) is 25.4 Å². The van der Waals surface area contributed by atoms with Crippen LogP contribution in [-0.2, 0) is 0 Å². The maximum Gasteiger partial charge on any atom is 0.270 e. The molecule has 0 aromatic carbocycles. The van der Waals surface area contributed by atoms with Crippen LogP contribution in [0.5, 0.6) is 0 Å². The second kappa shape index (κ2) is 6.05. The molecule has 0 unspecified atom stereocenters. The number of nitrogens with zero attached hydrogens (tertiary/aromatic N) is 3. The zero-order chi connectivity index (χ0) is 14.7. The maximum atomic E-state index is 12.4. The maximum absolute atomic E-state index is 12.4. The van der Waals surface area contributed by atoms with Gasteiger partial charge in [0, 0.05) is 29.6 Å². The van der Waals surface area contributed by atoms with Crippen molar-refractivity contribution in [3.05, 3.63) is 36.4 Å². The molecule has 2 N–H and O–H groups in total. The predicted octanol–water partition coefficient (Wildman–Crippen LogP) is 1.30. The van der Waals surface area contributed by atoms with Crippen LogP contribution in [0.1, 0.15) is 23.3 Å². The highest BCUT2D eigenvalue weighted by Crippen LogP contribution is 2.21. The van der Waals surface area contributed by atoms with Gasteiger partial charge in [0.1, 0.15) is 5.69 Å². The van der Waals surface area contributed by atoms with Gasteiger partial charge in [-0.2, -0.15) is 5.10 Å². The number of aromatic nitrogens is 3. The first-order valence-electron chi connectivity index (χ1n) is 7.17. The summed E-state index contributed by atoms with van der Waals surface area (Å²) >= 11 is 0. The zero-order valence-corrected chi connectivity index (χ0v) is 12.0. The number of aromatic amines is 1. The molecule has 0 saturated carbocycles. The first kappa shape index (κ1) is 13.8. The second-order valence-corrected chi connectivity index (χ2v) is 5.45. The summed E-state index contributed by atoms with van der Waals surface area (Å²) in [6.45, 7) is 2.03. The summed E-state index contributed by atoms with van der Waals surface area (Å²) in [5.74, 6) is -0.0964. The monoisotopic (exact) mass is 285 g/mol. The number of carbonyl (C=O) groups excluding carboxylic acids is 1. The van der Waals surface area contributed by atoms with E-state index in [1.54, 1.807) is 18.6 Å². The molecule has 3 heterocycles. The van der Waals surface area contributed by atoms with E-state index in [0.29, 0.717) is 5.69 Å². The van der Waals surface area contributed by atoms with Gasteiger partial charge in [-0.1, -0.05) is 6.07 Å². The second-order valence-electron chi connectivity index (χ2n) is 5.45. The molecule has 2 aromatic rings. The molecule has 1 aliphatic heterocycles. The van der Waals surface area contributed by atoms with E-state index in [9.17, 15) is 4.79 Å². The fourth-order valence-corrected chi connectivity index (χ4v) is 2.61. The standard InChI is InChI=1S/C15H19N5O/c1-20-7-4-12(5-8-20)18-15(21)14-13(10-17-19-14)11-3-2-6-16-9-11/h2-3,6,9-10,12H,4-5,7-8H2,1H3,(H,17,19)(H,18,21). The molecule has 21 heavy (non-hydrogen) atoms. The summed E-state index contributed by atoms with van der Waals surface area (Å²) in [7, 11) is 2.10. The topological polar surface area (TPSA) is 73.9 Å². The van der Waals surface area contributed by atoms with E-state index < -0.39 is 0 Å². The van der Waals surface area contributed by atoms with Crippen LogP contribution in [0.3, 0.4) is 0 Å². The van der Waals surface area contributed by atoms with E-state index in [4.69, 9.17) is 0 Å². The summed E-state index contributed by atoms with van der Waals surface area (Å²) in [6, 6.07) is 4.00. The highest BCUT2D eigenvalue weighted by molar-refractivity contribution is 5.98. The van der Waals surface area contributed by atoms with Gasteiger partial charge >= 0.3 is 0 Å². The molecule has 0 atom stereocenters. The fourth-order valence-electron chi connectivity index (χ4n) is 2.61. The van der Waals surface area contributed by atoms with Crippen molar-refractivity contribution >= 4 is 5.91 Å². The highest BCUT2D eigenvalue weighted by Gasteiger charge is 2.21. The lowest BCUT2D eigenvalue weighted by Gasteiger charge is -2.29. The number of carbonyl (C=O) groups is 1. The van der Waals surface area contributed by atoms with Crippen molar-refractivity contribution in [3.63, 3.8) is 0 Å². The minimum absolute atomic E-state index is 0.0964. The predicted molar refractivity (Wildman–Crippen MR) is 79.8 cm³/mol. The smallest absolute Gasteiger partial charge is 0.270 e. The normalized spacial score (nSPS) is 16.8. The molecule has 110 valence electrons. The number of piperidine rings is 1. The SMILES string of the molecule is CN1CCC(NC(=O)c2[nH]ncc2-c2cccnc2)CC1. The van der Waals surface area contributed by atoms with E-state index in [-0.39, 0.29) is 11.9 Å². The molecule has 6 nitrogen and oxygen atoms in total. The third kappa shape index (κ3) is 3.11. The average molecular weight is 285 g/mol. The molecular formula is C15H19N5O. The van der Waals surface area contributed by atoms with Gasteiger partial charge in [-0.3, -0.25) is 14.9 Å². The van der Waals surface area contributed by atoms with Crippen LogP contribution < -0.4 is 5.32 Å². The summed E-state index contributed by atoms with van der Waals surface area (Å²) in [6.07, 6.45) is 7.08. The number of hydrogen-bond acceptors (Lipinski definition) is 4. The van der Waals surface area contributed by atoms with Crippen molar-refractivity contribution in [2.75, 3.05) is 20.1 Å². The molecule has 1 amide bonds. The summed E-state index contributed by atoms with van der Waals surface area (Å²) in [5, 5.41) is 9.90. The lowest BCUT2D eigenvalue weighted by atomic mass is 10.0. The molecule has 1 aliphatic rings. The molecule has 0 radical (unpaired) electrons. The molecule has 0 bridgehead atoms. The number of likely N-dealkylation sites (tertiary alicyclic amines) is 1. The molecule has 2 aromatic heterocycles. The fraction of sp³-hybridized carbons (Fsp3) is 0.400. The van der Waals surface area contributed by atoms with Crippen LogP contribution in [0.4, 0.5) is 0 Å². The average Bonchev–Trinajstić information content (AvgIpc) is 3.00. The van der Waals surface area contributed by atoms with Gasteiger partial charge in [0.15, 0.2) is 0 Å². The minimum Gasteiger partial charge on any atom is -0.348 e. The Balaban J connectivity index is 1.73. The van der Waals surface area contributed by atoms with Crippen LogP contribution in [0.2, 0.25) is 0 Å². The highest BCUT2D eigenvalue weighted by atomic mass is 16.2. The minimum atomic E-state index is -0.0964. The Labute approximate surface area is 123 Å². The lowest BCUT2D eigenvalue weighted by molar-refractivity contribution is 0.0912. The van der Waals surface area contributed by atoms with Crippen molar-refractivity contribution in [3.8, 4) is 11.1 Å². The van der Waals surface area contributed by atoms with E-state index in [0.717, 1.165) is 37.1 Å². The van der Waals surface area contributed by atoms with Gasteiger partial charge in [-0.25, -0.2) is 0 Å². The Kier molecular flexibility index (Phi) is 3.96. The molecule has 6 heteroatoms. The molecular weight excluding hydrogens is 266 g/mol. The molecule has 3 rings (SSSR count). The molecule has 1 saturated heterocycles.